The lowest BCUT2D eigenvalue weighted by Gasteiger charge is -2.38. The first-order valence-electron chi connectivity index (χ1n) is 8.51. The smallest absolute Gasteiger partial charge is 0.237 e. The molecule has 1 aliphatic rings. The quantitative estimate of drug-likeness (QED) is 0.864. The normalized spacial score (nSPS) is 16.3. The molecule has 0 saturated carbocycles. The zero-order chi connectivity index (χ0) is 18.5. The number of rotatable bonds is 5. The number of halogens is 2. The number of amides is 1. The van der Waals surface area contributed by atoms with E-state index in [1.165, 1.54) is 18.5 Å². The van der Waals surface area contributed by atoms with Crippen molar-refractivity contribution in [2.75, 3.05) is 31.1 Å². The summed E-state index contributed by atoms with van der Waals surface area (Å²) in [6.07, 6.45) is 3.07. The Morgan fingerprint density at radius 2 is 1.96 bits per heavy atom. The maximum absolute atomic E-state index is 12.9. The number of aromatic nitrogens is 2. The molecule has 6 nitrogen and oxygen atoms in total. The fraction of sp³-hybridized carbons (Fsp3) is 0.389. The highest BCUT2D eigenvalue weighted by molar-refractivity contribution is 6.32. The molecule has 1 aromatic heterocycles. The van der Waals surface area contributed by atoms with Crippen molar-refractivity contribution < 1.29 is 9.18 Å². The number of carbonyl (C=O) groups excluding carboxylic acids is 1. The molecule has 1 atom stereocenters. The predicted octanol–water partition coefficient (Wildman–Crippen LogP) is 2.10. The van der Waals surface area contributed by atoms with Gasteiger partial charge in [-0.05, 0) is 24.6 Å². The summed E-state index contributed by atoms with van der Waals surface area (Å²) in [5, 5.41) is 3.44. The van der Waals surface area contributed by atoms with Crippen molar-refractivity contribution in [2.24, 2.45) is 0 Å². The van der Waals surface area contributed by atoms with Crippen LogP contribution in [0.1, 0.15) is 12.5 Å². The third-order valence-corrected chi connectivity index (χ3v) is 4.84. The Bertz CT molecular complexity index is 750. The molecule has 2 aromatic rings. The van der Waals surface area contributed by atoms with Gasteiger partial charge in [0.05, 0.1) is 12.2 Å². The highest BCUT2D eigenvalue weighted by atomic mass is 35.5. The zero-order valence-corrected chi connectivity index (χ0v) is 15.3. The summed E-state index contributed by atoms with van der Waals surface area (Å²) in [6.45, 7) is 5.25. The van der Waals surface area contributed by atoms with E-state index in [9.17, 15) is 9.18 Å². The lowest BCUT2D eigenvalue weighted by molar-refractivity contribution is -0.126. The number of piperazine rings is 1. The number of carbonyl (C=O) groups is 1. The Morgan fingerprint density at radius 1 is 1.27 bits per heavy atom. The van der Waals surface area contributed by atoms with Crippen LogP contribution in [0.5, 0.6) is 0 Å². The number of anilines is 1. The predicted molar refractivity (Wildman–Crippen MR) is 98.5 cm³/mol. The molecule has 8 heteroatoms. The van der Waals surface area contributed by atoms with Crippen LogP contribution >= 0.6 is 11.6 Å². The summed E-state index contributed by atoms with van der Waals surface area (Å²) in [4.78, 5) is 24.8. The molecule has 1 aromatic carbocycles. The zero-order valence-electron chi connectivity index (χ0n) is 14.5. The van der Waals surface area contributed by atoms with E-state index in [4.69, 9.17) is 11.6 Å². The molecule has 0 spiro atoms. The van der Waals surface area contributed by atoms with Gasteiger partial charge >= 0.3 is 0 Å². The SMILES string of the molecule is CC(C(=O)NCc1ccc(F)cc1)N1CCN(c2ncncc2Cl)CC1. The minimum atomic E-state index is -0.282. The van der Waals surface area contributed by atoms with Gasteiger partial charge in [-0.2, -0.15) is 0 Å². The molecule has 26 heavy (non-hydrogen) atoms. The molecule has 0 bridgehead atoms. The van der Waals surface area contributed by atoms with Crippen LogP contribution in [-0.4, -0.2) is 53.0 Å². The third kappa shape index (κ3) is 4.47. The van der Waals surface area contributed by atoms with Crippen molar-refractivity contribution in [3.8, 4) is 0 Å². The van der Waals surface area contributed by atoms with Crippen LogP contribution in [0.3, 0.4) is 0 Å². The van der Waals surface area contributed by atoms with Crippen molar-refractivity contribution in [1.82, 2.24) is 20.2 Å². The Kier molecular flexibility index (Phi) is 6.00. The van der Waals surface area contributed by atoms with Crippen LogP contribution in [0, 0.1) is 5.82 Å². The number of nitrogens with zero attached hydrogens (tertiary/aromatic N) is 4. The van der Waals surface area contributed by atoms with Crippen LogP contribution in [-0.2, 0) is 11.3 Å². The summed E-state index contributed by atoms with van der Waals surface area (Å²) < 4.78 is 12.9. The monoisotopic (exact) mass is 377 g/mol. The molecule has 3 rings (SSSR count). The van der Waals surface area contributed by atoms with Gasteiger partial charge in [-0.3, -0.25) is 9.69 Å². The van der Waals surface area contributed by atoms with Gasteiger partial charge in [-0.25, -0.2) is 14.4 Å². The lowest BCUT2D eigenvalue weighted by atomic mass is 10.2. The summed E-state index contributed by atoms with van der Waals surface area (Å²) in [5.41, 5.74) is 0.871. The Labute approximate surface area is 157 Å². The molecule has 2 heterocycles. The summed E-state index contributed by atoms with van der Waals surface area (Å²) in [7, 11) is 0. The standard InChI is InChI=1S/C18H21ClFN5O/c1-13(18(26)22-10-14-2-4-15(20)5-3-14)24-6-8-25(9-7-24)17-16(19)11-21-12-23-17/h2-5,11-13H,6-10H2,1H3,(H,22,26). The second-order valence-electron chi connectivity index (χ2n) is 6.24. The van der Waals surface area contributed by atoms with E-state index in [1.54, 1.807) is 18.3 Å². The molecule has 1 fully saturated rings. The molecule has 1 amide bonds. The summed E-state index contributed by atoms with van der Waals surface area (Å²) in [6, 6.07) is 5.89. The number of nitrogens with one attached hydrogen (secondary N) is 1. The molecule has 138 valence electrons. The minimum Gasteiger partial charge on any atom is -0.353 e. The molecular weight excluding hydrogens is 357 g/mol. The topological polar surface area (TPSA) is 61.4 Å². The van der Waals surface area contributed by atoms with Crippen molar-refractivity contribution in [3.63, 3.8) is 0 Å². The third-order valence-electron chi connectivity index (χ3n) is 4.57. The molecule has 1 unspecified atom stereocenters. The highest BCUT2D eigenvalue weighted by Gasteiger charge is 2.26. The van der Waals surface area contributed by atoms with Gasteiger partial charge in [0.25, 0.3) is 0 Å². The molecule has 1 saturated heterocycles. The van der Waals surface area contributed by atoms with Crippen LogP contribution in [0.25, 0.3) is 0 Å². The van der Waals surface area contributed by atoms with Gasteiger partial charge in [-0.15, -0.1) is 0 Å². The van der Waals surface area contributed by atoms with Crippen molar-refractivity contribution in [1.29, 1.82) is 0 Å². The largest absolute Gasteiger partial charge is 0.353 e. The number of hydrogen-bond donors (Lipinski definition) is 1. The van der Waals surface area contributed by atoms with Gasteiger partial charge < -0.3 is 10.2 Å². The number of hydrogen-bond acceptors (Lipinski definition) is 5. The molecule has 1 aliphatic heterocycles. The molecule has 0 aliphatic carbocycles. The lowest BCUT2D eigenvalue weighted by Crippen LogP contribution is -2.54. The molecular formula is C18H21ClFN5O. The van der Waals surface area contributed by atoms with Gasteiger partial charge in [0.15, 0.2) is 5.82 Å². The highest BCUT2D eigenvalue weighted by Crippen LogP contribution is 2.22. The first-order valence-corrected chi connectivity index (χ1v) is 8.89. The van der Waals surface area contributed by atoms with Crippen LogP contribution in [0.2, 0.25) is 5.02 Å². The van der Waals surface area contributed by atoms with E-state index in [2.05, 4.69) is 25.1 Å². The fourth-order valence-electron chi connectivity index (χ4n) is 2.96. The summed E-state index contributed by atoms with van der Waals surface area (Å²) >= 11 is 6.15. The maximum Gasteiger partial charge on any atom is 0.237 e. The Balaban J connectivity index is 1.49. The van der Waals surface area contributed by atoms with E-state index in [1.807, 2.05) is 6.92 Å². The first kappa shape index (κ1) is 18.5. The van der Waals surface area contributed by atoms with Crippen LogP contribution in [0.4, 0.5) is 10.2 Å². The van der Waals surface area contributed by atoms with E-state index in [0.29, 0.717) is 11.6 Å². The first-order chi connectivity index (χ1) is 12.5. The summed E-state index contributed by atoms with van der Waals surface area (Å²) in [5.74, 6) is 0.410. The van der Waals surface area contributed by atoms with Crippen molar-refractivity contribution in [3.05, 3.63) is 53.2 Å². The van der Waals surface area contributed by atoms with E-state index >= 15 is 0 Å². The Morgan fingerprint density at radius 3 is 2.62 bits per heavy atom. The van der Waals surface area contributed by atoms with Crippen LogP contribution in [0.15, 0.2) is 36.8 Å². The van der Waals surface area contributed by atoms with Gasteiger partial charge in [0, 0.05) is 32.7 Å². The van der Waals surface area contributed by atoms with Crippen molar-refractivity contribution >= 4 is 23.3 Å². The van der Waals surface area contributed by atoms with Crippen LogP contribution < -0.4 is 10.2 Å². The van der Waals surface area contributed by atoms with Crippen molar-refractivity contribution in [2.45, 2.75) is 19.5 Å². The minimum absolute atomic E-state index is 0.0390. The van der Waals surface area contributed by atoms with E-state index in [0.717, 1.165) is 37.6 Å². The van der Waals surface area contributed by atoms with Gasteiger partial charge in [0.2, 0.25) is 5.91 Å². The second-order valence-corrected chi connectivity index (χ2v) is 6.64. The average Bonchev–Trinajstić information content (AvgIpc) is 2.67. The van der Waals surface area contributed by atoms with E-state index in [-0.39, 0.29) is 17.8 Å². The second kappa shape index (κ2) is 8.42. The van der Waals surface area contributed by atoms with E-state index < -0.39 is 0 Å². The molecule has 1 N–H and O–H groups in total. The fourth-order valence-corrected chi connectivity index (χ4v) is 3.19. The van der Waals surface area contributed by atoms with Gasteiger partial charge in [0.1, 0.15) is 17.2 Å². The van der Waals surface area contributed by atoms with Gasteiger partial charge in [-0.1, -0.05) is 23.7 Å². The molecule has 0 radical (unpaired) electrons. The maximum atomic E-state index is 12.9. The average molecular weight is 378 g/mol. The Hall–Kier alpha value is -2.25. The number of benzene rings is 1.